The van der Waals surface area contributed by atoms with Crippen molar-refractivity contribution in [3.8, 4) is 0 Å². The normalized spacial score (nSPS) is 13.4. The Morgan fingerprint density at radius 3 is 2.43 bits per heavy atom. The first-order chi connectivity index (χ1) is 5.95. The van der Waals surface area contributed by atoms with Crippen LogP contribution in [0, 0.1) is 0 Å². The smallest absolute Gasteiger partial charge is 0.726 e. The maximum absolute atomic E-state index is 9.98. The van der Waals surface area contributed by atoms with Gasteiger partial charge >= 0.3 is 51.4 Å². The second kappa shape index (κ2) is 9.68. The monoisotopic (exact) mass is 250 g/mol. The van der Waals surface area contributed by atoms with Crippen LogP contribution < -0.4 is 51.4 Å². The van der Waals surface area contributed by atoms with Crippen molar-refractivity contribution in [2.75, 3.05) is 6.61 Å². The van der Waals surface area contributed by atoms with Gasteiger partial charge in [-0.1, -0.05) is 26.2 Å². The fraction of sp³-hybridized carbons (Fsp3) is 1.00. The van der Waals surface area contributed by atoms with Gasteiger partial charge in [0.25, 0.3) is 0 Å². The molecule has 0 fully saturated rings. The van der Waals surface area contributed by atoms with E-state index in [1.54, 1.807) is 0 Å². The van der Waals surface area contributed by atoms with Gasteiger partial charge in [-0.05, 0) is 6.42 Å². The third-order valence-corrected chi connectivity index (χ3v) is 1.97. The minimum absolute atomic E-state index is 0. The van der Waals surface area contributed by atoms with Gasteiger partial charge in [0.15, 0.2) is 0 Å². The molecule has 14 heavy (non-hydrogen) atoms. The Morgan fingerprint density at radius 1 is 1.43 bits per heavy atom. The van der Waals surface area contributed by atoms with E-state index in [0.29, 0.717) is 6.42 Å². The number of rotatable bonds is 7. The Balaban J connectivity index is 0. The van der Waals surface area contributed by atoms with Crippen molar-refractivity contribution in [2.45, 2.75) is 38.7 Å². The molecular formula is C7H15KO5S. The van der Waals surface area contributed by atoms with Gasteiger partial charge in [-0.3, -0.25) is 4.18 Å². The third-order valence-electron chi connectivity index (χ3n) is 1.55. The maximum atomic E-state index is 9.98. The zero-order valence-corrected chi connectivity index (χ0v) is 12.5. The van der Waals surface area contributed by atoms with Gasteiger partial charge in [0.2, 0.25) is 10.4 Å². The van der Waals surface area contributed by atoms with E-state index >= 15 is 0 Å². The first kappa shape index (κ1) is 17.8. The summed E-state index contributed by atoms with van der Waals surface area (Å²) < 4.78 is 33.8. The van der Waals surface area contributed by atoms with Crippen LogP contribution in [0.15, 0.2) is 0 Å². The second-order valence-corrected chi connectivity index (χ2v) is 3.89. The van der Waals surface area contributed by atoms with E-state index in [0.717, 1.165) is 19.3 Å². The Kier molecular flexibility index (Phi) is 12.3. The minimum Gasteiger partial charge on any atom is -0.726 e. The average Bonchev–Trinajstić information content (AvgIpc) is 2.00. The summed E-state index contributed by atoms with van der Waals surface area (Å²) in [6, 6.07) is 0. The first-order valence-electron chi connectivity index (χ1n) is 4.24. The average molecular weight is 250 g/mol. The van der Waals surface area contributed by atoms with E-state index in [9.17, 15) is 13.0 Å². The third kappa shape index (κ3) is 13.5. The fourth-order valence-electron chi connectivity index (χ4n) is 0.875. The Hall–Kier alpha value is 1.47. The molecule has 0 saturated heterocycles. The van der Waals surface area contributed by atoms with Gasteiger partial charge in [-0.2, -0.15) is 0 Å². The Bertz CT molecular complexity index is 216. The summed E-state index contributed by atoms with van der Waals surface area (Å²) in [5, 5.41) is 9.11. The van der Waals surface area contributed by atoms with Crippen LogP contribution in [0.1, 0.15) is 32.6 Å². The molecule has 0 heterocycles. The van der Waals surface area contributed by atoms with Crippen LogP contribution in [0.2, 0.25) is 0 Å². The maximum Gasteiger partial charge on any atom is 1.00 e. The van der Waals surface area contributed by atoms with Crippen LogP contribution in [0.4, 0.5) is 0 Å². The van der Waals surface area contributed by atoms with Crippen LogP contribution in [-0.4, -0.2) is 30.8 Å². The molecule has 0 saturated carbocycles. The molecular weight excluding hydrogens is 235 g/mol. The number of aliphatic hydroxyl groups is 1. The topological polar surface area (TPSA) is 86.7 Å². The van der Waals surface area contributed by atoms with Gasteiger partial charge < -0.3 is 9.66 Å². The molecule has 0 aliphatic heterocycles. The van der Waals surface area contributed by atoms with Gasteiger partial charge in [-0.25, -0.2) is 8.42 Å². The molecule has 7 heteroatoms. The van der Waals surface area contributed by atoms with Gasteiger partial charge in [-0.15, -0.1) is 0 Å². The molecule has 0 aromatic heterocycles. The van der Waals surface area contributed by atoms with Crippen LogP contribution in [0.5, 0.6) is 0 Å². The summed E-state index contributed by atoms with van der Waals surface area (Å²) in [5.41, 5.74) is 0. The van der Waals surface area contributed by atoms with Gasteiger partial charge in [0.1, 0.15) is 0 Å². The zero-order chi connectivity index (χ0) is 10.3. The number of aliphatic hydroxyl groups excluding tert-OH is 1. The fourth-order valence-corrected chi connectivity index (χ4v) is 1.20. The summed E-state index contributed by atoms with van der Waals surface area (Å²) in [7, 11) is -4.66. The second-order valence-electron chi connectivity index (χ2n) is 2.84. The molecule has 0 bridgehead atoms. The predicted molar refractivity (Wildman–Crippen MR) is 45.8 cm³/mol. The molecule has 0 aliphatic rings. The molecule has 1 N–H and O–H groups in total. The molecule has 80 valence electrons. The van der Waals surface area contributed by atoms with E-state index in [4.69, 9.17) is 5.11 Å². The van der Waals surface area contributed by atoms with E-state index in [1.807, 2.05) is 6.92 Å². The molecule has 5 nitrogen and oxygen atoms in total. The zero-order valence-electron chi connectivity index (χ0n) is 8.60. The van der Waals surface area contributed by atoms with E-state index < -0.39 is 23.1 Å². The van der Waals surface area contributed by atoms with Crippen molar-refractivity contribution in [2.24, 2.45) is 0 Å². The quantitative estimate of drug-likeness (QED) is 0.232. The van der Waals surface area contributed by atoms with Crippen LogP contribution >= 0.6 is 0 Å². The molecule has 0 rings (SSSR count). The molecule has 1 unspecified atom stereocenters. The van der Waals surface area contributed by atoms with E-state index in [1.165, 1.54) is 0 Å². The molecule has 0 aliphatic carbocycles. The standard InChI is InChI=1S/C7H16O5S.K/c1-2-3-4-5-7(8)6-12-13(9,10)11;/h7-8H,2-6H2,1H3,(H,9,10,11);/q;+1/p-1. The summed E-state index contributed by atoms with van der Waals surface area (Å²) in [4.78, 5) is 0. The van der Waals surface area contributed by atoms with Crippen molar-refractivity contribution in [1.29, 1.82) is 0 Å². The number of hydrogen-bond donors (Lipinski definition) is 1. The van der Waals surface area contributed by atoms with Gasteiger partial charge in [0.05, 0.1) is 12.7 Å². The van der Waals surface area contributed by atoms with Crippen LogP contribution in [0.3, 0.4) is 0 Å². The minimum atomic E-state index is -4.66. The number of unbranched alkanes of at least 4 members (excludes halogenated alkanes) is 2. The van der Waals surface area contributed by atoms with Gasteiger partial charge in [0, 0.05) is 0 Å². The molecule has 0 amide bonds. The van der Waals surface area contributed by atoms with Crippen molar-refractivity contribution < 1.29 is 73.6 Å². The SMILES string of the molecule is CCCCCC(O)COS(=O)(=O)[O-].[K+]. The largest absolute Gasteiger partial charge is 1.00 e. The van der Waals surface area contributed by atoms with Crippen LogP contribution in [-0.2, 0) is 14.6 Å². The van der Waals surface area contributed by atoms with Crippen molar-refractivity contribution in [3.63, 3.8) is 0 Å². The van der Waals surface area contributed by atoms with Crippen molar-refractivity contribution in [3.05, 3.63) is 0 Å². The van der Waals surface area contributed by atoms with E-state index in [2.05, 4.69) is 4.18 Å². The summed E-state index contributed by atoms with van der Waals surface area (Å²) >= 11 is 0. The molecule has 0 spiro atoms. The first-order valence-corrected chi connectivity index (χ1v) is 5.57. The molecule has 0 radical (unpaired) electrons. The van der Waals surface area contributed by atoms with Crippen molar-refractivity contribution >= 4 is 10.4 Å². The molecule has 0 aromatic rings. The summed E-state index contributed by atoms with van der Waals surface area (Å²) in [5.74, 6) is 0. The van der Waals surface area contributed by atoms with E-state index in [-0.39, 0.29) is 51.4 Å². The Morgan fingerprint density at radius 2 is 2.00 bits per heavy atom. The Labute approximate surface area is 128 Å². The number of hydrogen-bond acceptors (Lipinski definition) is 5. The van der Waals surface area contributed by atoms with Crippen LogP contribution in [0.25, 0.3) is 0 Å². The van der Waals surface area contributed by atoms with Crippen molar-refractivity contribution in [1.82, 2.24) is 0 Å². The molecule has 0 aromatic carbocycles. The summed E-state index contributed by atoms with van der Waals surface area (Å²) in [6.07, 6.45) is 2.40. The molecule has 1 atom stereocenters. The summed E-state index contributed by atoms with van der Waals surface area (Å²) in [6.45, 7) is 1.58. The predicted octanol–water partition coefficient (Wildman–Crippen LogP) is -2.59.